The van der Waals surface area contributed by atoms with Crippen molar-refractivity contribution < 1.29 is 22.7 Å². The number of hydrogen-bond acceptors (Lipinski definition) is 7. The Morgan fingerprint density at radius 3 is 2.29 bits per heavy atom. The second-order valence-corrected chi connectivity index (χ2v) is 12.7. The molecule has 0 aliphatic carbocycles. The smallest absolute Gasteiger partial charge is 0.406 e. The number of nitrogens with one attached hydrogen (secondary N) is 2. The van der Waals surface area contributed by atoms with E-state index >= 15 is 0 Å². The van der Waals surface area contributed by atoms with Crippen LogP contribution < -0.4 is 15.4 Å². The lowest BCUT2D eigenvalue weighted by Crippen LogP contribution is -2.46. The Morgan fingerprint density at radius 1 is 0.896 bits per heavy atom. The van der Waals surface area contributed by atoms with E-state index in [0.29, 0.717) is 34.5 Å². The van der Waals surface area contributed by atoms with E-state index < -0.39 is 6.36 Å². The van der Waals surface area contributed by atoms with E-state index in [1.807, 2.05) is 13.8 Å². The first kappa shape index (κ1) is 33.4. The monoisotopic (exact) mass is 658 g/mol. The molecule has 3 aromatic carbocycles. The van der Waals surface area contributed by atoms with Gasteiger partial charge in [-0.25, -0.2) is 9.97 Å². The minimum Gasteiger partial charge on any atom is -0.406 e. The topological polar surface area (TPSA) is 82.6 Å². The SMILES string of the molecule is Cc1ccc(CN2CCC(N3CCCCC3)CC2)cc1NC(=O)c1ccc(Nc2ncc(C)c(-c3ccc(OC(F)(F)F)cc3)n2)cc1. The first-order valence-electron chi connectivity index (χ1n) is 16.5. The third kappa shape index (κ3) is 8.70. The maximum atomic E-state index is 13.2. The van der Waals surface area contributed by atoms with Gasteiger partial charge < -0.3 is 20.3 Å². The number of benzene rings is 3. The fraction of sp³-hybridized carbons (Fsp3) is 0.378. The molecular formula is C37H41F3N6O2. The summed E-state index contributed by atoms with van der Waals surface area (Å²) in [5.41, 5.74) is 6.14. The number of aryl methyl sites for hydroxylation is 2. The number of halogens is 3. The minimum atomic E-state index is -4.76. The van der Waals surface area contributed by atoms with Crippen molar-refractivity contribution in [1.29, 1.82) is 0 Å². The quantitative estimate of drug-likeness (QED) is 0.188. The van der Waals surface area contributed by atoms with Crippen LogP contribution in [0.15, 0.2) is 72.9 Å². The molecule has 48 heavy (non-hydrogen) atoms. The van der Waals surface area contributed by atoms with Gasteiger partial charge in [0.15, 0.2) is 0 Å². The number of rotatable bonds is 9. The molecule has 0 saturated carbocycles. The molecule has 1 amide bonds. The van der Waals surface area contributed by atoms with Crippen LogP contribution in [-0.2, 0) is 6.54 Å². The lowest BCUT2D eigenvalue weighted by Gasteiger charge is -2.40. The summed E-state index contributed by atoms with van der Waals surface area (Å²) < 4.78 is 41.6. The van der Waals surface area contributed by atoms with Gasteiger partial charge in [-0.2, -0.15) is 0 Å². The number of hydrogen-bond donors (Lipinski definition) is 2. The van der Waals surface area contributed by atoms with Gasteiger partial charge in [0.1, 0.15) is 5.75 Å². The number of likely N-dealkylation sites (tertiary alicyclic amines) is 2. The van der Waals surface area contributed by atoms with Crippen LogP contribution >= 0.6 is 0 Å². The van der Waals surface area contributed by atoms with Crippen molar-refractivity contribution >= 4 is 23.2 Å². The number of carbonyl (C=O) groups excluding carboxylic acids is 1. The summed E-state index contributed by atoms with van der Waals surface area (Å²) >= 11 is 0. The van der Waals surface area contributed by atoms with Crippen molar-refractivity contribution in [1.82, 2.24) is 19.8 Å². The van der Waals surface area contributed by atoms with Gasteiger partial charge in [-0.3, -0.25) is 9.69 Å². The first-order chi connectivity index (χ1) is 23.1. The van der Waals surface area contributed by atoms with E-state index in [2.05, 4.69) is 53.3 Å². The van der Waals surface area contributed by atoms with Crippen LogP contribution in [0.5, 0.6) is 5.75 Å². The average molecular weight is 659 g/mol. The molecule has 252 valence electrons. The molecule has 0 spiro atoms. The van der Waals surface area contributed by atoms with Crippen LogP contribution in [0, 0.1) is 13.8 Å². The fourth-order valence-corrected chi connectivity index (χ4v) is 6.52. The average Bonchev–Trinajstić information content (AvgIpc) is 3.08. The van der Waals surface area contributed by atoms with Crippen LogP contribution in [0.25, 0.3) is 11.3 Å². The highest BCUT2D eigenvalue weighted by Crippen LogP contribution is 2.29. The zero-order valence-corrected chi connectivity index (χ0v) is 27.3. The van der Waals surface area contributed by atoms with Gasteiger partial charge in [0.2, 0.25) is 5.95 Å². The van der Waals surface area contributed by atoms with Crippen molar-refractivity contribution in [3.05, 3.63) is 95.2 Å². The molecular weight excluding hydrogens is 617 g/mol. The molecule has 0 atom stereocenters. The number of carbonyl (C=O) groups is 1. The van der Waals surface area contributed by atoms with E-state index in [1.54, 1.807) is 30.5 Å². The molecule has 2 saturated heterocycles. The summed E-state index contributed by atoms with van der Waals surface area (Å²) in [4.78, 5) is 27.4. The van der Waals surface area contributed by atoms with Gasteiger partial charge >= 0.3 is 6.36 Å². The Labute approximate surface area is 279 Å². The maximum Gasteiger partial charge on any atom is 0.573 e. The van der Waals surface area contributed by atoms with Gasteiger partial charge in [0, 0.05) is 41.3 Å². The maximum absolute atomic E-state index is 13.2. The second-order valence-electron chi connectivity index (χ2n) is 12.7. The Morgan fingerprint density at radius 2 is 1.60 bits per heavy atom. The van der Waals surface area contributed by atoms with Crippen LogP contribution in [-0.4, -0.2) is 64.3 Å². The lowest BCUT2D eigenvalue weighted by molar-refractivity contribution is -0.274. The molecule has 2 fully saturated rings. The van der Waals surface area contributed by atoms with Crippen LogP contribution in [0.4, 0.5) is 30.5 Å². The van der Waals surface area contributed by atoms with Gasteiger partial charge in [0.05, 0.1) is 5.69 Å². The summed E-state index contributed by atoms with van der Waals surface area (Å²) in [6.07, 6.45) is 3.35. The summed E-state index contributed by atoms with van der Waals surface area (Å²) in [6.45, 7) is 9.39. The standard InChI is InChI=1S/C37H41F3N6O2/c1-25-6-7-27(24-45-20-16-31(17-21-45)46-18-4-3-5-19-46)22-33(25)43-35(47)29-8-12-30(13-9-29)42-36-41-23-26(2)34(44-36)28-10-14-32(15-11-28)48-37(38,39)40/h6-15,22-23,31H,3-5,16-21,24H2,1-2H3,(H,43,47)(H,41,42,44). The highest BCUT2D eigenvalue weighted by Gasteiger charge is 2.31. The molecule has 0 radical (unpaired) electrons. The highest BCUT2D eigenvalue weighted by molar-refractivity contribution is 6.04. The summed E-state index contributed by atoms with van der Waals surface area (Å²) in [7, 11) is 0. The number of nitrogens with zero attached hydrogens (tertiary/aromatic N) is 4. The number of anilines is 3. The van der Waals surface area contributed by atoms with E-state index in [1.165, 1.54) is 75.0 Å². The third-order valence-electron chi connectivity index (χ3n) is 9.16. The largest absolute Gasteiger partial charge is 0.573 e. The molecule has 8 nitrogen and oxygen atoms in total. The van der Waals surface area contributed by atoms with Gasteiger partial charge in [-0.15, -0.1) is 13.2 Å². The number of piperidine rings is 2. The molecule has 3 heterocycles. The van der Waals surface area contributed by atoms with Crippen molar-refractivity contribution in [2.75, 3.05) is 36.8 Å². The lowest BCUT2D eigenvalue weighted by atomic mass is 9.99. The van der Waals surface area contributed by atoms with Crippen LogP contribution in [0.1, 0.15) is 59.2 Å². The van der Waals surface area contributed by atoms with E-state index in [9.17, 15) is 18.0 Å². The number of amides is 1. The first-order valence-corrected chi connectivity index (χ1v) is 16.5. The Hall–Kier alpha value is -4.48. The molecule has 0 bridgehead atoms. The van der Waals surface area contributed by atoms with E-state index in [4.69, 9.17) is 0 Å². The summed E-state index contributed by atoms with van der Waals surface area (Å²) in [6, 6.07) is 19.6. The molecule has 6 rings (SSSR count). The predicted molar refractivity (Wildman–Crippen MR) is 181 cm³/mol. The zero-order chi connectivity index (χ0) is 33.7. The van der Waals surface area contributed by atoms with Gasteiger partial charge in [0.25, 0.3) is 5.91 Å². The van der Waals surface area contributed by atoms with Gasteiger partial charge in [-0.1, -0.05) is 18.6 Å². The zero-order valence-electron chi connectivity index (χ0n) is 27.3. The molecule has 1 aromatic heterocycles. The third-order valence-corrected chi connectivity index (χ3v) is 9.16. The molecule has 2 aliphatic heterocycles. The normalized spacial score (nSPS) is 16.4. The number of ether oxygens (including phenoxy) is 1. The molecule has 0 unspecified atom stereocenters. The molecule has 11 heteroatoms. The van der Waals surface area contributed by atoms with E-state index in [0.717, 1.165) is 36.4 Å². The van der Waals surface area contributed by atoms with Crippen molar-refractivity contribution in [3.8, 4) is 17.0 Å². The predicted octanol–water partition coefficient (Wildman–Crippen LogP) is 8.11. The van der Waals surface area contributed by atoms with Crippen molar-refractivity contribution in [2.45, 2.75) is 64.9 Å². The highest BCUT2D eigenvalue weighted by atomic mass is 19.4. The number of alkyl halides is 3. The Balaban J connectivity index is 1.04. The van der Waals surface area contributed by atoms with Crippen LogP contribution in [0.3, 0.4) is 0 Å². The number of aromatic nitrogens is 2. The molecule has 4 aromatic rings. The Kier molecular flexibility index (Phi) is 10.3. The fourth-order valence-electron chi connectivity index (χ4n) is 6.52. The second kappa shape index (κ2) is 14.7. The van der Waals surface area contributed by atoms with E-state index in [-0.39, 0.29) is 11.7 Å². The minimum absolute atomic E-state index is 0.198. The van der Waals surface area contributed by atoms with Gasteiger partial charge in [-0.05, 0) is 137 Å². The van der Waals surface area contributed by atoms with Crippen molar-refractivity contribution in [3.63, 3.8) is 0 Å². The Bertz CT molecular complexity index is 1700. The molecule has 2 aliphatic rings. The summed E-state index contributed by atoms with van der Waals surface area (Å²) in [5.74, 6) is -0.190. The van der Waals surface area contributed by atoms with Crippen molar-refractivity contribution in [2.24, 2.45) is 0 Å². The molecule has 2 N–H and O–H groups in total. The summed E-state index contributed by atoms with van der Waals surface area (Å²) in [5, 5.41) is 6.23. The van der Waals surface area contributed by atoms with Crippen LogP contribution in [0.2, 0.25) is 0 Å².